The maximum atomic E-state index is 13.5. The number of H-pyrrole nitrogens is 2. The highest BCUT2D eigenvalue weighted by molar-refractivity contribution is 9.10. The number of aromatic nitrogens is 2. The highest BCUT2D eigenvalue weighted by Crippen LogP contribution is 2.27. The van der Waals surface area contributed by atoms with Gasteiger partial charge in [-0.05, 0) is 22.0 Å². The summed E-state index contributed by atoms with van der Waals surface area (Å²) in [4.78, 5) is 26.4. The van der Waals surface area contributed by atoms with Gasteiger partial charge in [-0.2, -0.15) is 0 Å². The zero-order valence-electron chi connectivity index (χ0n) is 7.03. The minimum Gasteiger partial charge on any atom is -0.304 e. The molecule has 2 N–H and O–H groups in total. The lowest BCUT2D eigenvalue weighted by molar-refractivity contribution is 0.629. The lowest BCUT2D eigenvalue weighted by Gasteiger charge is -2.02. The van der Waals surface area contributed by atoms with Crippen LogP contribution in [0.25, 0.3) is 10.9 Å². The lowest BCUT2D eigenvalue weighted by Crippen LogP contribution is -2.22. The standard InChI is InChI=1S/C8H3BrClFN2O2/c9-2-1-3(10)4-6(5(2)11)12-8(15)13-7(4)14/h1H,(H2,12,13,14,15). The largest absolute Gasteiger partial charge is 0.326 e. The van der Waals surface area contributed by atoms with Crippen molar-refractivity contribution in [3.8, 4) is 0 Å². The minimum atomic E-state index is -0.777. The molecular formula is C8H3BrClFN2O2. The molecular weight excluding hydrogens is 290 g/mol. The van der Waals surface area contributed by atoms with Crippen LogP contribution in [0.4, 0.5) is 4.39 Å². The summed E-state index contributed by atoms with van der Waals surface area (Å²) in [6.45, 7) is 0. The maximum absolute atomic E-state index is 13.5. The topological polar surface area (TPSA) is 65.7 Å². The Labute approximate surface area is 95.2 Å². The number of hydrogen-bond donors (Lipinski definition) is 2. The van der Waals surface area contributed by atoms with Crippen LogP contribution in [0, 0.1) is 5.82 Å². The molecule has 2 aromatic rings. The Bertz CT molecular complexity index is 664. The molecule has 0 saturated carbocycles. The Morgan fingerprint density at radius 3 is 2.67 bits per heavy atom. The molecule has 0 spiro atoms. The summed E-state index contributed by atoms with van der Waals surface area (Å²) in [5.41, 5.74) is -1.70. The van der Waals surface area contributed by atoms with Gasteiger partial charge in [0.15, 0.2) is 5.82 Å². The monoisotopic (exact) mass is 292 g/mol. The van der Waals surface area contributed by atoms with E-state index in [4.69, 9.17) is 11.6 Å². The molecule has 7 heteroatoms. The van der Waals surface area contributed by atoms with Crippen molar-refractivity contribution in [3.05, 3.63) is 42.2 Å². The van der Waals surface area contributed by atoms with Crippen LogP contribution in [0.2, 0.25) is 5.02 Å². The van der Waals surface area contributed by atoms with Crippen molar-refractivity contribution < 1.29 is 4.39 Å². The molecule has 1 aromatic heterocycles. The summed E-state index contributed by atoms with van der Waals surface area (Å²) in [6.07, 6.45) is 0. The van der Waals surface area contributed by atoms with Crippen molar-refractivity contribution in [1.82, 2.24) is 9.97 Å². The fourth-order valence-electron chi connectivity index (χ4n) is 1.25. The van der Waals surface area contributed by atoms with Crippen LogP contribution in [0.15, 0.2) is 20.1 Å². The van der Waals surface area contributed by atoms with Gasteiger partial charge in [0, 0.05) is 0 Å². The number of halogens is 3. The van der Waals surface area contributed by atoms with Crippen LogP contribution in [0.1, 0.15) is 0 Å². The van der Waals surface area contributed by atoms with Crippen molar-refractivity contribution in [3.63, 3.8) is 0 Å². The number of nitrogens with one attached hydrogen (secondary N) is 2. The number of rotatable bonds is 0. The van der Waals surface area contributed by atoms with E-state index in [1.807, 2.05) is 4.98 Å². The molecule has 15 heavy (non-hydrogen) atoms. The van der Waals surface area contributed by atoms with E-state index >= 15 is 0 Å². The number of benzene rings is 1. The molecule has 1 aromatic carbocycles. The third-order valence-corrected chi connectivity index (χ3v) is 2.74. The van der Waals surface area contributed by atoms with Crippen molar-refractivity contribution >= 4 is 38.4 Å². The number of hydrogen-bond acceptors (Lipinski definition) is 2. The second-order valence-corrected chi connectivity index (χ2v) is 4.07. The van der Waals surface area contributed by atoms with Gasteiger partial charge in [0.2, 0.25) is 0 Å². The molecule has 0 amide bonds. The fourth-order valence-corrected chi connectivity index (χ4v) is 2.09. The first-order chi connectivity index (χ1) is 7.00. The van der Waals surface area contributed by atoms with Crippen LogP contribution in [0.5, 0.6) is 0 Å². The van der Waals surface area contributed by atoms with Crippen molar-refractivity contribution in [2.75, 3.05) is 0 Å². The molecule has 0 bridgehead atoms. The first-order valence-corrected chi connectivity index (χ1v) is 4.97. The van der Waals surface area contributed by atoms with Crippen LogP contribution in [0.3, 0.4) is 0 Å². The Morgan fingerprint density at radius 2 is 2.00 bits per heavy atom. The molecule has 0 aliphatic heterocycles. The molecule has 0 fully saturated rings. The van der Waals surface area contributed by atoms with E-state index in [-0.39, 0.29) is 20.4 Å². The lowest BCUT2D eigenvalue weighted by atomic mass is 10.2. The zero-order valence-corrected chi connectivity index (χ0v) is 9.37. The van der Waals surface area contributed by atoms with Gasteiger partial charge in [-0.15, -0.1) is 0 Å². The van der Waals surface area contributed by atoms with E-state index in [2.05, 4.69) is 20.9 Å². The molecule has 0 unspecified atom stereocenters. The van der Waals surface area contributed by atoms with Gasteiger partial charge in [-0.3, -0.25) is 9.78 Å². The quantitative estimate of drug-likeness (QED) is 0.727. The average Bonchev–Trinajstić information content (AvgIpc) is 2.12. The van der Waals surface area contributed by atoms with Gasteiger partial charge in [0.05, 0.1) is 20.4 Å². The summed E-state index contributed by atoms with van der Waals surface area (Å²) in [5.74, 6) is -0.724. The van der Waals surface area contributed by atoms with Crippen LogP contribution < -0.4 is 11.2 Å². The highest BCUT2D eigenvalue weighted by Gasteiger charge is 2.13. The van der Waals surface area contributed by atoms with Gasteiger partial charge in [-0.1, -0.05) is 11.6 Å². The van der Waals surface area contributed by atoms with Gasteiger partial charge < -0.3 is 4.98 Å². The second kappa shape index (κ2) is 3.46. The van der Waals surface area contributed by atoms with Crippen molar-refractivity contribution in [1.29, 1.82) is 0 Å². The molecule has 4 nitrogen and oxygen atoms in total. The fraction of sp³-hybridized carbons (Fsp3) is 0. The molecule has 0 saturated heterocycles. The SMILES string of the molecule is O=c1[nH]c(=O)c2c(Cl)cc(Br)c(F)c2[nH]1. The van der Waals surface area contributed by atoms with E-state index in [1.54, 1.807) is 0 Å². The Morgan fingerprint density at radius 1 is 1.33 bits per heavy atom. The number of aromatic amines is 2. The van der Waals surface area contributed by atoms with Gasteiger partial charge in [0.25, 0.3) is 5.56 Å². The van der Waals surface area contributed by atoms with E-state index in [0.29, 0.717) is 0 Å². The molecule has 1 heterocycles. The van der Waals surface area contributed by atoms with Crippen molar-refractivity contribution in [2.45, 2.75) is 0 Å². The number of fused-ring (bicyclic) bond motifs is 1. The van der Waals surface area contributed by atoms with Gasteiger partial charge >= 0.3 is 5.69 Å². The minimum absolute atomic E-state index is 0.0655. The highest BCUT2D eigenvalue weighted by atomic mass is 79.9. The molecule has 78 valence electrons. The summed E-state index contributed by atoms with van der Waals surface area (Å²) in [7, 11) is 0. The first kappa shape index (κ1) is 10.4. The summed E-state index contributed by atoms with van der Waals surface area (Å²) < 4.78 is 13.6. The predicted octanol–water partition coefficient (Wildman–Crippen LogP) is 1.77. The molecule has 0 atom stereocenters. The predicted molar refractivity (Wildman–Crippen MR) is 57.9 cm³/mol. The zero-order chi connectivity index (χ0) is 11.2. The van der Waals surface area contributed by atoms with Crippen LogP contribution >= 0.6 is 27.5 Å². The smallest absolute Gasteiger partial charge is 0.304 e. The van der Waals surface area contributed by atoms with Crippen LogP contribution in [-0.4, -0.2) is 9.97 Å². The summed E-state index contributed by atoms with van der Waals surface area (Å²) in [5, 5.41) is -0.00672. The molecule has 0 radical (unpaired) electrons. The third-order valence-electron chi connectivity index (χ3n) is 1.86. The molecule has 0 aliphatic carbocycles. The maximum Gasteiger partial charge on any atom is 0.326 e. The van der Waals surface area contributed by atoms with Crippen molar-refractivity contribution in [2.24, 2.45) is 0 Å². The van der Waals surface area contributed by atoms with Gasteiger partial charge in [-0.25, -0.2) is 9.18 Å². The second-order valence-electron chi connectivity index (χ2n) is 2.81. The Hall–Kier alpha value is -1.14. The van der Waals surface area contributed by atoms with E-state index in [0.717, 1.165) is 0 Å². The molecule has 2 rings (SSSR count). The van der Waals surface area contributed by atoms with E-state index in [9.17, 15) is 14.0 Å². The van der Waals surface area contributed by atoms with Gasteiger partial charge in [0.1, 0.15) is 0 Å². The Kier molecular flexibility index (Phi) is 2.40. The van der Waals surface area contributed by atoms with E-state index in [1.165, 1.54) is 6.07 Å². The molecule has 0 aliphatic rings. The van der Waals surface area contributed by atoms with E-state index < -0.39 is 17.1 Å². The van der Waals surface area contributed by atoms with Crippen LogP contribution in [-0.2, 0) is 0 Å². The summed E-state index contributed by atoms with van der Waals surface area (Å²) in [6, 6.07) is 1.26. The Balaban J connectivity index is 3.17. The summed E-state index contributed by atoms with van der Waals surface area (Å²) >= 11 is 8.68. The average molecular weight is 293 g/mol. The normalized spacial score (nSPS) is 10.9. The third kappa shape index (κ3) is 1.59. The first-order valence-electron chi connectivity index (χ1n) is 3.80.